The third-order valence-electron chi connectivity index (χ3n) is 1.43. The van der Waals surface area contributed by atoms with Crippen molar-refractivity contribution in [2.45, 2.75) is 0 Å². The molecule has 2 aromatic rings. The molecule has 2 rings (SSSR count). The zero-order valence-electron chi connectivity index (χ0n) is 5.94. The summed E-state index contributed by atoms with van der Waals surface area (Å²) in [5.41, 5.74) is 0.352. The van der Waals surface area contributed by atoms with Crippen molar-refractivity contribution < 1.29 is 4.79 Å². The summed E-state index contributed by atoms with van der Waals surface area (Å²) in [4.78, 5) is 18.1. The van der Waals surface area contributed by atoms with E-state index in [2.05, 4.69) is 9.97 Å². The van der Waals surface area contributed by atoms with Crippen LogP contribution < -0.4 is 0 Å². The summed E-state index contributed by atoms with van der Waals surface area (Å²) in [5.74, 6) is 0.435. The van der Waals surface area contributed by atoms with Gasteiger partial charge in [0, 0.05) is 12.4 Å². The zero-order valence-corrected chi connectivity index (χ0v) is 6.69. The van der Waals surface area contributed by atoms with Crippen LogP contribution in [0.1, 0.15) is 10.5 Å². The van der Waals surface area contributed by atoms with Crippen molar-refractivity contribution >= 4 is 23.7 Å². The van der Waals surface area contributed by atoms with E-state index in [-0.39, 0.29) is 0 Å². The minimum absolute atomic E-state index is 0.352. The van der Waals surface area contributed by atoms with Crippen molar-refractivity contribution in [3.8, 4) is 0 Å². The van der Waals surface area contributed by atoms with Gasteiger partial charge >= 0.3 is 0 Å². The van der Waals surface area contributed by atoms with Crippen LogP contribution in [0.3, 0.4) is 0 Å². The normalized spacial score (nSPS) is 10.4. The number of rotatable bonds is 1. The SMILES string of the molecule is O=Cc1cn2ccc(Cl)nc2n1. The van der Waals surface area contributed by atoms with Crippen LogP contribution in [-0.2, 0) is 0 Å². The molecule has 0 N–H and O–H groups in total. The molecular weight excluding hydrogens is 178 g/mol. The number of fused-ring (bicyclic) bond motifs is 1. The maximum Gasteiger partial charge on any atom is 0.235 e. The Bertz CT molecular complexity index is 437. The van der Waals surface area contributed by atoms with Gasteiger partial charge in [-0.1, -0.05) is 11.6 Å². The van der Waals surface area contributed by atoms with Gasteiger partial charge in [-0.2, -0.15) is 0 Å². The van der Waals surface area contributed by atoms with E-state index in [1.807, 2.05) is 0 Å². The highest BCUT2D eigenvalue weighted by molar-refractivity contribution is 6.29. The molecule has 0 amide bonds. The molecule has 5 heteroatoms. The largest absolute Gasteiger partial charge is 0.296 e. The molecule has 2 aromatic heterocycles. The molecule has 2 heterocycles. The standard InChI is InChI=1S/C7H4ClN3O/c8-6-1-2-11-3-5(4-12)9-7(11)10-6/h1-4H. The highest BCUT2D eigenvalue weighted by Gasteiger charge is 2.00. The van der Waals surface area contributed by atoms with Gasteiger partial charge in [0.2, 0.25) is 5.78 Å². The van der Waals surface area contributed by atoms with Gasteiger partial charge in [-0.25, -0.2) is 9.97 Å². The number of imidazole rings is 1. The summed E-state index contributed by atoms with van der Waals surface area (Å²) >= 11 is 5.62. The molecule has 0 radical (unpaired) electrons. The van der Waals surface area contributed by atoms with Crippen molar-refractivity contribution in [1.82, 2.24) is 14.4 Å². The monoisotopic (exact) mass is 181 g/mol. The average Bonchev–Trinajstić information content (AvgIpc) is 2.46. The van der Waals surface area contributed by atoms with E-state index in [0.29, 0.717) is 22.9 Å². The van der Waals surface area contributed by atoms with Gasteiger partial charge in [0.25, 0.3) is 0 Å². The molecule has 0 fully saturated rings. The number of hydrogen-bond acceptors (Lipinski definition) is 3. The fourth-order valence-electron chi connectivity index (χ4n) is 0.926. The molecule has 60 valence electrons. The van der Waals surface area contributed by atoms with Crippen molar-refractivity contribution in [2.24, 2.45) is 0 Å². The molecule has 12 heavy (non-hydrogen) atoms. The van der Waals surface area contributed by atoms with Crippen molar-refractivity contribution in [2.75, 3.05) is 0 Å². The molecule has 0 unspecified atom stereocenters. The molecule has 0 saturated heterocycles. The first-order valence-corrected chi connectivity index (χ1v) is 3.64. The molecule has 0 aromatic carbocycles. The Morgan fingerprint density at radius 3 is 3.08 bits per heavy atom. The van der Waals surface area contributed by atoms with Gasteiger partial charge in [0.1, 0.15) is 10.8 Å². The Kier molecular flexibility index (Phi) is 1.55. The number of hydrogen-bond donors (Lipinski definition) is 0. The van der Waals surface area contributed by atoms with Crippen molar-refractivity contribution in [3.05, 3.63) is 29.3 Å². The van der Waals surface area contributed by atoms with Crippen LogP contribution in [0.25, 0.3) is 5.78 Å². The van der Waals surface area contributed by atoms with E-state index in [1.54, 1.807) is 22.9 Å². The molecular formula is C7H4ClN3O. The number of halogens is 1. The summed E-state index contributed by atoms with van der Waals surface area (Å²) in [6, 6.07) is 1.63. The second-order valence-corrected chi connectivity index (χ2v) is 2.63. The second kappa shape index (κ2) is 2.57. The smallest absolute Gasteiger partial charge is 0.235 e. The van der Waals surface area contributed by atoms with E-state index in [1.165, 1.54) is 0 Å². The number of carbonyl (C=O) groups excluding carboxylic acids is 1. The van der Waals surface area contributed by atoms with Crippen LogP contribution in [0, 0.1) is 0 Å². The Labute approximate surface area is 72.8 Å². The Morgan fingerprint density at radius 2 is 2.33 bits per heavy atom. The van der Waals surface area contributed by atoms with E-state index in [4.69, 9.17) is 11.6 Å². The van der Waals surface area contributed by atoms with E-state index >= 15 is 0 Å². The summed E-state index contributed by atoms with van der Waals surface area (Å²) < 4.78 is 1.63. The summed E-state index contributed by atoms with van der Waals surface area (Å²) in [6.45, 7) is 0. The molecule has 0 saturated carbocycles. The topological polar surface area (TPSA) is 47.3 Å². The van der Waals surface area contributed by atoms with Crippen LogP contribution in [-0.4, -0.2) is 20.7 Å². The lowest BCUT2D eigenvalue weighted by atomic mass is 10.5. The molecule has 0 aliphatic carbocycles. The molecule has 0 aliphatic heterocycles. The van der Waals surface area contributed by atoms with Gasteiger partial charge in [-0.05, 0) is 6.07 Å². The molecule has 0 aliphatic rings. The fraction of sp³-hybridized carbons (Fsp3) is 0. The van der Waals surface area contributed by atoms with Crippen molar-refractivity contribution in [3.63, 3.8) is 0 Å². The van der Waals surface area contributed by atoms with Crippen LogP contribution in [0.2, 0.25) is 5.15 Å². The van der Waals surface area contributed by atoms with Crippen LogP contribution >= 0.6 is 11.6 Å². The summed E-state index contributed by atoms with van der Waals surface area (Å²) in [7, 11) is 0. The maximum atomic E-state index is 10.3. The lowest BCUT2D eigenvalue weighted by Crippen LogP contribution is -1.85. The Balaban J connectivity index is 2.75. The third-order valence-corrected chi connectivity index (χ3v) is 1.64. The lowest BCUT2D eigenvalue weighted by Gasteiger charge is -1.89. The van der Waals surface area contributed by atoms with E-state index in [9.17, 15) is 4.79 Å². The quantitative estimate of drug-likeness (QED) is 0.491. The van der Waals surface area contributed by atoms with Gasteiger partial charge in [0.15, 0.2) is 6.29 Å². The lowest BCUT2D eigenvalue weighted by molar-refractivity contribution is 0.111. The highest BCUT2D eigenvalue weighted by Crippen LogP contribution is 2.06. The minimum atomic E-state index is 0.352. The number of nitrogens with zero attached hydrogens (tertiary/aromatic N) is 3. The van der Waals surface area contributed by atoms with E-state index in [0.717, 1.165) is 0 Å². The highest BCUT2D eigenvalue weighted by atomic mass is 35.5. The first kappa shape index (κ1) is 7.24. The predicted octanol–water partition coefficient (Wildman–Crippen LogP) is 1.20. The first-order valence-electron chi connectivity index (χ1n) is 3.26. The molecule has 4 nitrogen and oxygen atoms in total. The second-order valence-electron chi connectivity index (χ2n) is 2.24. The Morgan fingerprint density at radius 1 is 1.50 bits per heavy atom. The van der Waals surface area contributed by atoms with Gasteiger partial charge in [-0.15, -0.1) is 0 Å². The van der Waals surface area contributed by atoms with Crippen LogP contribution in [0.15, 0.2) is 18.5 Å². The number of aromatic nitrogens is 3. The number of carbonyl (C=O) groups is 1. The minimum Gasteiger partial charge on any atom is -0.296 e. The molecule has 0 atom stereocenters. The van der Waals surface area contributed by atoms with Crippen molar-refractivity contribution in [1.29, 1.82) is 0 Å². The fourth-order valence-corrected chi connectivity index (χ4v) is 1.06. The maximum absolute atomic E-state index is 10.3. The van der Waals surface area contributed by atoms with Crippen LogP contribution in [0.4, 0.5) is 0 Å². The molecule has 0 spiro atoms. The van der Waals surface area contributed by atoms with Crippen LogP contribution in [0.5, 0.6) is 0 Å². The van der Waals surface area contributed by atoms with Gasteiger partial charge in [-0.3, -0.25) is 9.20 Å². The first-order chi connectivity index (χ1) is 5.79. The zero-order chi connectivity index (χ0) is 8.55. The van der Waals surface area contributed by atoms with E-state index < -0.39 is 0 Å². The molecule has 0 bridgehead atoms. The van der Waals surface area contributed by atoms with Gasteiger partial charge < -0.3 is 0 Å². The predicted molar refractivity (Wildman–Crippen MR) is 43.4 cm³/mol. The van der Waals surface area contributed by atoms with Gasteiger partial charge in [0.05, 0.1) is 0 Å². The summed E-state index contributed by atoms with van der Waals surface area (Å²) in [6.07, 6.45) is 3.96. The summed E-state index contributed by atoms with van der Waals surface area (Å²) in [5, 5.41) is 0.366. The average molecular weight is 182 g/mol. The third kappa shape index (κ3) is 1.06. The number of aldehydes is 1. The Hall–Kier alpha value is -1.42.